The molecule has 2 aliphatic rings. The molecular weight excluding hydrogens is 172 g/mol. The predicted octanol–water partition coefficient (Wildman–Crippen LogP) is 1.85. The molecule has 1 aromatic rings. The number of fused-ring (bicyclic) bond motifs is 2. The minimum atomic E-state index is 0.709. The number of rotatable bonds is 1. The number of pyridine rings is 1. The highest BCUT2D eigenvalue weighted by atomic mass is 15.0. The van der Waals surface area contributed by atoms with Crippen LogP contribution >= 0.6 is 0 Å². The van der Waals surface area contributed by atoms with Gasteiger partial charge in [0.25, 0.3) is 0 Å². The summed E-state index contributed by atoms with van der Waals surface area (Å²) in [6.07, 6.45) is 8.72. The minimum Gasteiger partial charge on any atom is -0.313 e. The number of aromatic nitrogens is 1. The van der Waals surface area contributed by atoms with Gasteiger partial charge in [0, 0.05) is 25.0 Å². The van der Waals surface area contributed by atoms with E-state index >= 15 is 0 Å². The molecule has 2 nitrogen and oxygen atoms in total. The molecule has 2 unspecified atom stereocenters. The maximum Gasteiger partial charge on any atom is 0.0342 e. The summed E-state index contributed by atoms with van der Waals surface area (Å²) in [5, 5.41) is 3.55. The van der Waals surface area contributed by atoms with E-state index in [0.29, 0.717) is 6.04 Å². The topological polar surface area (TPSA) is 24.9 Å². The fourth-order valence-corrected chi connectivity index (χ4v) is 2.52. The molecule has 14 heavy (non-hydrogen) atoms. The molecule has 2 atom stereocenters. The Hall–Kier alpha value is -1.15. The molecule has 1 saturated heterocycles. The Morgan fingerprint density at radius 2 is 2.43 bits per heavy atom. The summed E-state index contributed by atoms with van der Waals surface area (Å²) < 4.78 is 0. The van der Waals surface area contributed by atoms with Crippen LogP contribution in [-0.2, 0) is 0 Å². The van der Waals surface area contributed by atoms with Crippen LogP contribution < -0.4 is 5.32 Å². The van der Waals surface area contributed by atoms with Crippen LogP contribution in [0.15, 0.2) is 30.6 Å². The Kier molecular flexibility index (Phi) is 1.88. The SMILES string of the molecule is C1=C(c2cccnc2)CC2CC1CN2. The first-order chi connectivity index (χ1) is 6.92. The molecule has 1 aliphatic carbocycles. The highest BCUT2D eigenvalue weighted by Gasteiger charge is 2.28. The lowest BCUT2D eigenvalue weighted by Crippen LogP contribution is -2.21. The third-order valence-electron chi connectivity index (χ3n) is 3.19. The van der Waals surface area contributed by atoms with Crippen LogP contribution in [0.3, 0.4) is 0 Å². The maximum absolute atomic E-state index is 4.17. The van der Waals surface area contributed by atoms with E-state index in [1.165, 1.54) is 24.0 Å². The molecule has 1 N–H and O–H groups in total. The molecule has 72 valence electrons. The highest BCUT2D eigenvalue weighted by Crippen LogP contribution is 2.32. The zero-order chi connectivity index (χ0) is 9.38. The van der Waals surface area contributed by atoms with E-state index in [-0.39, 0.29) is 0 Å². The quantitative estimate of drug-likeness (QED) is 0.724. The first-order valence-electron chi connectivity index (χ1n) is 5.26. The van der Waals surface area contributed by atoms with Crippen LogP contribution in [0.1, 0.15) is 18.4 Å². The zero-order valence-corrected chi connectivity index (χ0v) is 8.11. The second-order valence-electron chi connectivity index (χ2n) is 4.24. The predicted molar refractivity (Wildman–Crippen MR) is 56.7 cm³/mol. The Balaban J connectivity index is 1.93. The van der Waals surface area contributed by atoms with Gasteiger partial charge in [0.2, 0.25) is 0 Å². The summed E-state index contributed by atoms with van der Waals surface area (Å²) in [5.74, 6) is 0.754. The van der Waals surface area contributed by atoms with Crippen LogP contribution in [0, 0.1) is 5.92 Å². The van der Waals surface area contributed by atoms with Crippen molar-refractivity contribution in [3.8, 4) is 0 Å². The molecule has 1 aromatic heterocycles. The second-order valence-corrected chi connectivity index (χ2v) is 4.24. The van der Waals surface area contributed by atoms with E-state index in [1.54, 1.807) is 0 Å². The van der Waals surface area contributed by atoms with Crippen LogP contribution in [0.2, 0.25) is 0 Å². The average molecular weight is 186 g/mol. The molecule has 2 bridgehead atoms. The van der Waals surface area contributed by atoms with E-state index in [9.17, 15) is 0 Å². The molecule has 1 aliphatic heterocycles. The summed E-state index contributed by atoms with van der Waals surface area (Å²) in [7, 11) is 0. The van der Waals surface area contributed by atoms with E-state index in [0.717, 1.165) is 12.5 Å². The van der Waals surface area contributed by atoms with Gasteiger partial charge in [-0.1, -0.05) is 12.1 Å². The van der Waals surface area contributed by atoms with Gasteiger partial charge in [-0.3, -0.25) is 4.98 Å². The lowest BCUT2D eigenvalue weighted by Gasteiger charge is -2.18. The molecular formula is C12H14N2. The molecule has 2 heteroatoms. The average Bonchev–Trinajstić information content (AvgIpc) is 2.59. The fourth-order valence-electron chi connectivity index (χ4n) is 2.52. The van der Waals surface area contributed by atoms with Crippen molar-refractivity contribution >= 4 is 5.57 Å². The van der Waals surface area contributed by atoms with Crippen molar-refractivity contribution < 1.29 is 0 Å². The number of hydrogen-bond acceptors (Lipinski definition) is 2. The van der Waals surface area contributed by atoms with Crippen molar-refractivity contribution in [2.45, 2.75) is 18.9 Å². The largest absolute Gasteiger partial charge is 0.313 e. The Morgan fingerprint density at radius 1 is 1.43 bits per heavy atom. The number of nitrogens with one attached hydrogen (secondary N) is 1. The normalized spacial score (nSPS) is 30.1. The number of hydrogen-bond donors (Lipinski definition) is 1. The first-order valence-corrected chi connectivity index (χ1v) is 5.26. The van der Waals surface area contributed by atoms with Gasteiger partial charge in [-0.25, -0.2) is 0 Å². The van der Waals surface area contributed by atoms with Crippen molar-refractivity contribution in [2.24, 2.45) is 5.92 Å². The Bertz CT molecular complexity index is 356. The van der Waals surface area contributed by atoms with E-state index in [2.05, 4.69) is 22.4 Å². The molecule has 0 radical (unpaired) electrons. The van der Waals surface area contributed by atoms with Crippen molar-refractivity contribution in [2.75, 3.05) is 6.54 Å². The van der Waals surface area contributed by atoms with Crippen molar-refractivity contribution in [3.05, 3.63) is 36.2 Å². The van der Waals surface area contributed by atoms with Gasteiger partial charge in [-0.2, -0.15) is 0 Å². The van der Waals surface area contributed by atoms with Gasteiger partial charge in [0.05, 0.1) is 0 Å². The fraction of sp³-hybridized carbons (Fsp3) is 0.417. The van der Waals surface area contributed by atoms with E-state index in [4.69, 9.17) is 0 Å². The van der Waals surface area contributed by atoms with Crippen LogP contribution in [0.5, 0.6) is 0 Å². The van der Waals surface area contributed by atoms with Crippen LogP contribution in [0.4, 0.5) is 0 Å². The van der Waals surface area contributed by atoms with Gasteiger partial charge >= 0.3 is 0 Å². The minimum absolute atomic E-state index is 0.709. The lowest BCUT2D eigenvalue weighted by atomic mass is 9.88. The molecule has 0 aromatic carbocycles. The standard InChI is InChI=1S/C12H14N2/c1-2-10(8-13-3-1)11-4-9-5-12(6-11)14-7-9/h1-4,8-9,12,14H,5-7H2. The molecule has 2 heterocycles. The summed E-state index contributed by atoms with van der Waals surface area (Å²) in [6, 6.07) is 4.88. The smallest absolute Gasteiger partial charge is 0.0342 e. The van der Waals surface area contributed by atoms with Gasteiger partial charge < -0.3 is 5.32 Å². The molecule has 1 fully saturated rings. The summed E-state index contributed by atoms with van der Waals surface area (Å²) in [5.41, 5.74) is 2.77. The second kappa shape index (κ2) is 3.21. The zero-order valence-electron chi connectivity index (χ0n) is 8.11. The van der Waals surface area contributed by atoms with Gasteiger partial charge in [0.15, 0.2) is 0 Å². The lowest BCUT2D eigenvalue weighted by molar-refractivity contribution is 0.596. The van der Waals surface area contributed by atoms with Gasteiger partial charge in [0.1, 0.15) is 0 Å². The maximum atomic E-state index is 4.17. The van der Waals surface area contributed by atoms with E-state index in [1.807, 2.05) is 18.5 Å². The van der Waals surface area contributed by atoms with Gasteiger partial charge in [-0.05, 0) is 36.0 Å². The first kappa shape index (κ1) is 8.18. The molecule has 3 rings (SSSR count). The summed E-state index contributed by atoms with van der Waals surface area (Å²) in [6.45, 7) is 1.16. The van der Waals surface area contributed by atoms with Crippen LogP contribution in [-0.4, -0.2) is 17.6 Å². The molecule has 0 amide bonds. The van der Waals surface area contributed by atoms with Crippen molar-refractivity contribution in [1.29, 1.82) is 0 Å². The Labute approximate surface area is 84.1 Å². The molecule has 0 saturated carbocycles. The van der Waals surface area contributed by atoms with Crippen molar-refractivity contribution in [1.82, 2.24) is 10.3 Å². The summed E-state index contributed by atoms with van der Waals surface area (Å²) in [4.78, 5) is 4.17. The van der Waals surface area contributed by atoms with E-state index < -0.39 is 0 Å². The van der Waals surface area contributed by atoms with Gasteiger partial charge in [-0.15, -0.1) is 0 Å². The summed E-state index contributed by atoms with van der Waals surface area (Å²) >= 11 is 0. The monoisotopic (exact) mass is 186 g/mol. The number of nitrogens with zero attached hydrogens (tertiary/aromatic N) is 1. The Morgan fingerprint density at radius 3 is 3.21 bits per heavy atom. The molecule has 0 spiro atoms. The third kappa shape index (κ3) is 1.36. The van der Waals surface area contributed by atoms with Crippen molar-refractivity contribution in [3.63, 3.8) is 0 Å². The van der Waals surface area contributed by atoms with Crippen LogP contribution in [0.25, 0.3) is 5.57 Å². The third-order valence-corrected chi connectivity index (χ3v) is 3.19. The highest BCUT2D eigenvalue weighted by molar-refractivity contribution is 5.66.